The highest BCUT2D eigenvalue weighted by molar-refractivity contribution is 6.31. The first kappa shape index (κ1) is 13.2. The molecule has 1 rings (SSSR count). The minimum Gasteiger partial charge on any atom is -0.398 e. The molecule has 3 nitrogen and oxygen atoms in total. The second-order valence-corrected chi connectivity index (χ2v) is 3.73. The van der Waals surface area contributed by atoms with Gasteiger partial charge in [-0.3, -0.25) is 9.79 Å². The molecule has 0 bridgehead atoms. The Morgan fingerprint density at radius 3 is 2.82 bits per heavy atom. The fourth-order valence-electron chi connectivity index (χ4n) is 1.25. The standard InChI is InChI=1S/C13H13ClN2O/c1-3-4-5-12(16-2)13(17)10-8-9(14)6-7-11(10)15/h3-8H,2,15H2,1H3/b4-3-,12-5-. The summed E-state index contributed by atoms with van der Waals surface area (Å²) in [6.45, 7) is 5.21. The van der Waals surface area contributed by atoms with E-state index in [1.54, 1.807) is 30.4 Å². The van der Waals surface area contributed by atoms with E-state index < -0.39 is 0 Å². The Bertz CT molecular complexity index is 504. The molecule has 0 radical (unpaired) electrons. The first-order valence-electron chi connectivity index (χ1n) is 4.99. The van der Waals surface area contributed by atoms with Crippen molar-refractivity contribution in [3.63, 3.8) is 0 Å². The third-order valence-electron chi connectivity index (χ3n) is 2.11. The number of benzene rings is 1. The maximum atomic E-state index is 12.1. The van der Waals surface area contributed by atoms with Crippen LogP contribution in [0.1, 0.15) is 17.3 Å². The number of nitrogens with zero attached hydrogens (tertiary/aromatic N) is 1. The first-order chi connectivity index (χ1) is 8.10. The lowest BCUT2D eigenvalue weighted by atomic mass is 10.1. The van der Waals surface area contributed by atoms with E-state index in [4.69, 9.17) is 17.3 Å². The van der Waals surface area contributed by atoms with Crippen molar-refractivity contribution in [3.8, 4) is 0 Å². The summed E-state index contributed by atoms with van der Waals surface area (Å²) < 4.78 is 0. The van der Waals surface area contributed by atoms with Gasteiger partial charge >= 0.3 is 0 Å². The minimum atomic E-state index is -0.293. The van der Waals surface area contributed by atoms with Crippen LogP contribution in [0.15, 0.2) is 47.1 Å². The van der Waals surface area contributed by atoms with Crippen LogP contribution in [0.3, 0.4) is 0 Å². The zero-order valence-electron chi connectivity index (χ0n) is 9.48. The Morgan fingerprint density at radius 2 is 2.24 bits per heavy atom. The summed E-state index contributed by atoms with van der Waals surface area (Å²) in [5, 5.41) is 0.456. The highest BCUT2D eigenvalue weighted by Gasteiger charge is 2.13. The van der Waals surface area contributed by atoms with Crippen molar-refractivity contribution in [2.45, 2.75) is 6.92 Å². The fourth-order valence-corrected chi connectivity index (χ4v) is 1.42. The van der Waals surface area contributed by atoms with Crippen LogP contribution in [0.5, 0.6) is 0 Å². The predicted octanol–water partition coefficient (Wildman–Crippen LogP) is 3.27. The largest absolute Gasteiger partial charge is 0.398 e. The highest BCUT2D eigenvalue weighted by atomic mass is 35.5. The third kappa shape index (κ3) is 3.29. The number of carbonyl (C=O) groups is 1. The number of aliphatic imine (C=N–C) groups is 1. The molecule has 17 heavy (non-hydrogen) atoms. The van der Waals surface area contributed by atoms with Gasteiger partial charge in [-0.05, 0) is 37.9 Å². The summed E-state index contributed by atoms with van der Waals surface area (Å²) in [6.07, 6.45) is 5.08. The monoisotopic (exact) mass is 248 g/mol. The topological polar surface area (TPSA) is 55.5 Å². The third-order valence-corrected chi connectivity index (χ3v) is 2.34. The summed E-state index contributed by atoms with van der Waals surface area (Å²) in [5.74, 6) is -0.293. The molecule has 0 fully saturated rings. The van der Waals surface area contributed by atoms with E-state index in [2.05, 4.69) is 11.7 Å². The average Bonchev–Trinajstić information content (AvgIpc) is 2.33. The van der Waals surface area contributed by atoms with Gasteiger partial charge in [0.15, 0.2) is 0 Å². The number of ketones is 1. The molecule has 0 unspecified atom stereocenters. The number of nitrogen functional groups attached to an aromatic ring is 1. The Hall–Kier alpha value is -1.87. The molecule has 0 aliphatic carbocycles. The van der Waals surface area contributed by atoms with Gasteiger partial charge in [0.1, 0.15) is 5.70 Å². The van der Waals surface area contributed by atoms with Crippen LogP contribution in [0, 0.1) is 0 Å². The number of hydrogen-bond acceptors (Lipinski definition) is 3. The van der Waals surface area contributed by atoms with E-state index in [9.17, 15) is 4.79 Å². The lowest BCUT2D eigenvalue weighted by molar-refractivity contribution is 0.103. The lowest BCUT2D eigenvalue weighted by Crippen LogP contribution is -2.05. The van der Waals surface area contributed by atoms with Gasteiger partial charge in [0.25, 0.3) is 0 Å². The highest BCUT2D eigenvalue weighted by Crippen LogP contribution is 2.21. The number of allylic oxidation sites excluding steroid dienone is 4. The van der Waals surface area contributed by atoms with Crippen molar-refractivity contribution in [1.82, 2.24) is 0 Å². The molecule has 0 aliphatic rings. The number of anilines is 1. The Balaban J connectivity index is 3.19. The molecule has 88 valence electrons. The van der Waals surface area contributed by atoms with Crippen LogP contribution in [-0.2, 0) is 0 Å². The molecule has 0 aromatic heterocycles. The number of hydrogen-bond donors (Lipinski definition) is 1. The summed E-state index contributed by atoms with van der Waals surface area (Å²) >= 11 is 5.83. The van der Waals surface area contributed by atoms with Crippen LogP contribution >= 0.6 is 11.6 Å². The second-order valence-electron chi connectivity index (χ2n) is 3.30. The Labute approximate surface area is 105 Å². The van der Waals surface area contributed by atoms with E-state index in [1.807, 2.05) is 6.92 Å². The maximum Gasteiger partial charge on any atom is 0.213 e. The van der Waals surface area contributed by atoms with Crippen LogP contribution in [-0.4, -0.2) is 12.5 Å². The molecule has 1 aromatic carbocycles. The summed E-state index contributed by atoms with van der Waals surface area (Å²) in [5.41, 5.74) is 6.66. The van der Waals surface area contributed by atoms with E-state index in [0.717, 1.165) is 0 Å². The Morgan fingerprint density at radius 1 is 1.53 bits per heavy atom. The number of rotatable bonds is 4. The van der Waals surface area contributed by atoms with Gasteiger partial charge in [-0.2, -0.15) is 0 Å². The van der Waals surface area contributed by atoms with Gasteiger partial charge in [0, 0.05) is 16.3 Å². The summed E-state index contributed by atoms with van der Waals surface area (Å²) in [4.78, 5) is 15.8. The van der Waals surface area contributed by atoms with Crippen molar-refractivity contribution in [1.29, 1.82) is 0 Å². The van der Waals surface area contributed by atoms with Gasteiger partial charge in [0.05, 0.1) is 0 Å². The molecule has 0 atom stereocenters. The van der Waals surface area contributed by atoms with Crippen molar-refractivity contribution >= 4 is 29.8 Å². The number of Topliss-reactive ketones (excluding diaryl/α,β-unsaturated/α-hetero) is 1. The maximum absolute atomic E-state index is 12.1. The van der Waals surface area contributed by atoms with E-state index in [-0.39, 0.29) is 11.5 Å². The molecule has 0 amide bonds. The Kier molecular flexibility index (Phi) is 4.67. The van der Waals surface area contributed by atoms with Gasteiger partial charge in [0.2, 0.25) is 5.78 Å². The smallest absolute Gasteiger partial charge is 0.213 e. The van der Waals surface area contributed by atoms with Crippen LogP contribution in [0.4, 0.5) is 5.69 Å². The van der Waals surface area contributed by atoms with Gasteiger partial charge in [-0.25, -0.2) is 0 Å². The molecule has 2 N–H and O–H groups in total. The first-order valence-corrected chi connectivity index (χ1v) is 5.37. The van der Waals surface area contributed by atoms with Gasteiger partial charge < -0.3 is 5.73 Å². The summed E-state index contributed by atoms with van der Waals surface area (Å²) in [6, 6.07) is 4.74. The quantitative estimate of drug-likeness (QED) is 0.292. The van der Waals surface area contributed by atoms with Crippen molar-refractivity contribution < 1.29 is 4.79 Å². The van der Waals surface area contributed by atoms with Crippen LogP contribution < -0.4 is 5.73 Å². The van der Waals surface area contributed by atoms with E-state index in [0.29, 0.717) is 16.3 Å². The van der Waals surface area contributed by atoms with Crippen molar-refractivity contribution in [2.75, 3.05) is 5.73 Å². The van der Waals surface area contributed by atoms with Crippen molar-refractivity contribution in [2.24, 2.45) is 4.99 Å². The van der Waals surface area contributed by atoms with E-state index >= 15 is 0 Å². The van der Waals surface area contributed by atoms with Crippen LogP contribution in [0.2, 0.25) is 5.02 Å². The van der Waals surface area contributed by atoms with Gasteiger partial charge in [-0.1, -0.05) is 23.8 Å². The number of carbonyl (C=O) groups excluding carboxylic acids is 1. The van der Waals surface area contributed by atoms with E-state index in [1.165, 1.54) is 6.07 Å². The second kappa shape index (κ2) is 6.01. The molecule has 1 aromatic rings. The minimum absolute atomic E-state index is 0.233. The fraction of sp³-hybridized carbons (Fsp3) is 0.0769. The molecule has 0 spiro atoms. The predicted molar refractivity (Wildman–Crippen MR) is 72.6 cm³/mol. The molecule has 0 saturated carbocycles. The molecule has 0 aliphatic heterocycles. The molecule has 4 heteroatoms. The summed E-state index contributed by atoms with van der Waals surface area (Å²) in [7, 11) is 0. The average molecular weight is 249 g/mol. The number of halogens is 1. The van der Waals surface area contributed by atoms with Gasteiger partial charge in [-0.15, -0.1) is 0 Å². The zero-order valence-corrected chi connectivity index (χ0v) is 10.2. The number of nitrogens with two attached hydrogens (primary N) is 1. The molecular weight excluding hydrogens is 236 g/mol. The SMILES string of the molecule is C=N/C(=C\C=C/C)C(=O)c1cc(Cl)ccc1N. The molecular formula is C13H13ClN2O. The zero-order chi connectivity index (χ0) is 12.8. The van der Waals surface area contributed by atoms with Crippen molar-refractivity contribution in [3.05, 3.63) is 52.7 Å². The lowest BCUT2D eigenvalue weighted by Gasteiger charge is -2.05. The normalized spacial score (nSPS) is 11.8. The molecule has 0 heterocycles. The molecule has 0 saturated heterocycles. The van der Waals surface area contributed by atoms with Crippen LogP contribution in [0.25, 0.3) is 0 Å².